The summed E-state index contributed by atoms with van der Waals surface area (Å²) in [6.07, 6.45) is 0. The van der Waals surface area contributed by atoms with Gasteiger partial charge in [-0.1, -0.05) is 43.6 Å². The first-order chi connectivity index (χ1) is 16.1. The van der Waals surface area contributed by atoms with Crippen molar-refractivity contribution in [1.29, 1.82) is 0 Å². The minimum absolute atomic E-state index is 0.215. The molecule has 2 aromatic rings. The second-order valence-electron chi connectivity index (χ2n) is 8.61. The van der Waals surface area contributed by atoms with Crippen LogP contribution in [0.15, 0.2) is 42.5 Å². The number of anilines is 1. The summed E-state index contributed by atoms with van der Waals surface area (Å²) in [6, 6.07) is 10.4. The van der Waals surface area contributed by atoms with E-state index in [-0.39, 0.29) is 36.0 Å². The van der Waals surface area contributed by atoms with Crippen LogP contribution in [0.25, 0.3) is 0 Å². The summed E-state index contributed by atoms with van der Waals surface area (Å²) in [5, 5.41) is 12.4. The average Bonchev–Trinajstić information content (AvgIpc) is 2.93. The zero-order valence-electron chi connectivity index (χ0n) is 19.7. The van der Waals surface area contributed by atoms with E-state index in [9.17, 15) is 19.5 Å². The number of nitrogens with zero attached hydrogens (tertiary/aromatic N) is 2. The molecule has 1 aliphatic rings. The van der Waals surface area contributed by atoms with Crippen molar-refractivity contribution in [3.8, 4) is 5.75 Å². The van der Waals surface area contributed by atoms with E-state index >= 15 is 0 Å². The fraction of sp³-hybridized carbons (Fsp3) is 0.400. The lowest BCUT2D eigenvalue weighted by Crippen LogP contribution is -2.53. The fourth-order valence-corrected chi connectivity index (χ4v) is 4.22. The Labute approximate surface area is 204 Å². The molecule has 0 saturated heterocycles. The van der Waals surface area contributed by atoms with Gasteiger partial charge in [0.2, 0.25) is 0 Å². The summed E-state index contributed by atoms with van der Waals surface area (Å²) in [4.78, 5) is 41.5. The molecule has 1 aliphatic heterocycles. The van der Waals surface area contributed by atoms with E-state index in [1.807, 2.05) is 38.1 Å². The van der Waals surface area contributed by atoms with Crippen molar-refractivity contribution >= 4 is 35.2 Å². The molecule has 0 unspecified atom stereocenters. The van der Waals surface area contributed by atoms with Crippen LogP contribution in [-0.4, -0.2) is 53.1 Å². The van der Waals surface area contributed by atoms with Gasteiger partial charge in [0, 0.05) is 24.8 Å². The second kappa shape index (κ2) is 10.8. The van der Waals surface area contributed by atoms with E-state index < -0.39 is 18.0 Å². The van der Waals surface area contributed by atoms with Crippen molar-refractivity contribution in [1.82, 2.24) is 10.2 Å². The van der Waals surface area contributed by atoms with Gasteiger partial charge in [-0.05, 0) is 49.6 Å². The van der Waals surface area contributed by atoms with Gasteiger partial charge in [0.15, 0.2) is 0 Å². The van der Waals surface area contributed by atoms with E-state index in [2.05, 4.69) is 5.32 Å². The maximum absolute atomic E-state index is 13.6. The van der Waals surface area contributed by atoms with Gasteiger partial charge in [0.25, 0.3) is 5.91 Å². The Bertz CT molecular complexity index is 1070. The second-order valence-corrected chi connectivity index (χ2v) is 9.01. The number of hydrogen-bond donors (Lipinski definition) is 2. The molecule has 9 heteroatoms. The van der Waals surface area contributed by atoms with Crippen LogP contribution in [-0.2, 0) is 11.3 Å². The highest BCUT2D eigenvalue weighted by molar-refractivity contribution is 6.34. The Morgan fingerprint density at radius 3 is 2.53 bits per heavy atom. The van der Waals surface area contributed by atoms with Gasteiger partial charge in [-0.3, -0.25) is 4.79 Å². The zero-order valence-corrected chi connectivity index (χ0v) is 20.5. The molecule has 2 atom stereocenters. The molecule has 3 rings (SSSR count). The molecular formula is C25H30ClN3O5. The maximum Gasteiger partial charge on any atom is 0.326 e. The van der Waals surface area contributed by atoms with Crippen LogP contribution < -0.4 is 15.0 Å². The normalized spacial score (nSPS) is 16.5. The number of carbonyl (C=O) groups excluding carboxylic acids is 2. The number of carboxylic acid groups (broad SMARTS) is 1. The van der Waals surface area contributed by atoms with E-state index in [0.29, 0.717) is 23.6 Å². The number of hydrogen-bond acceptors (Lipinski definition) is 4. The molecule has 2 aromatic carbocycles. The number of aliphatic carboxylic acids is 1. The number of para-hydroxylation sites is 1. The van der Waals surface area contributed by atoms with Crippen molar-refractivity contribution < 1.29 is 24.2 Å². The van der Waals surface area contributed by atoms with Gasteiger partial charge in [0.1, 0.15) is 11.8 Å². The standard InChI is InChI=1S/C25H30ClN3O5/c1-5-34-18-10-11-19(20(26)12-18)23(30)29-13-16(4)28(14-17-8-6-7-9-21(17)29)25(33)27-22(15(2)3)24(31)32/h6-12,15-16,22H,5,13-14H2,1-4H3,(H,27,33)(H,31,32)/t16-,22+/m1/s1. The molecule has 0 aromatic heterocycles. The van der Waals surface area contributed by atoms with Crippen molar-refractivity contribution in [2.75, 3.05) is 18.1 Å². The third-order valence-electron chi connectivity index (χ3n) is 5.80. The Hall–Kier alpha value is -3.26. The van der Waals surface area contributed by atoms with Crippen molar-refractivity contribution in [2.45, 2.75) is 46.3 Å². The van der Waals surface area contributed by atoms with Gasteiger partial charge in [-0.15, -0.1) is 0 Å². The number of rotatable bonds is 6. The molecule has 0 bridgehead atoms. The van der Waals surface area contributed by atoms with E-state index in [4.69, 9.17) is 16.3 Å². The van der Waals surface area contributed by atoms with Crippen LogP contribution in [0.5, 0.6) is 5.75 Å². The molecule has 2 N–H and O–H groups in total. The number of urea groups is 1. The predicted molar refractivity (Wildman–Crippen MR) is 131 cm³/mol. The van der Waals surface area contributed by atoms with E-state index in [1.54, 1.807) is 41.8 Å². The molecule has 182 valence electrons. The Morgan fingerprint density at radius 1 is 1.21 bits per heavy atom. The largest absolute Gasteiger partial charge is 0.494 e. The molecule has 8 nitrogen and oxygen atoms in total. The lowest BCUT2D eigenvalue weighted by molar-refractivity contribution is -0.140. The van der Waals surface area contributed by atoms with Crippen LogP contribution in [0, 0.1) is 5.92 Å². The summed E-state index contributed by atoms with van der Waals surface area (Å²) >= 11 is 6.42. The highest BCUT2D eigenvalue weighted by Crippen LogP contribution is 2.31. The third-order valence-corrected chi connectivity index (χ3v) is 6.11. The highest BCUT2D eigenvalue weighted by atomic mass is 35.5. The topological polar surface area (TPSA) is 99.2 Å². The Morgan fingerprint density at radius 2 is 1.91 bits per heavy atom. The lowest BCUT2D eigenvalue weighted by atomic mass is 10.1. The summed E-state index contributed by atoms with van der Waals surface area (Å²) < 4.78 is 5.46. The molecule has 0 spiro atoms. The highest BCUT2D eigenvalue weighted by Gasteiger charge is 2.34. The smallest absolute Gasteiger partial charge is 0.326 e. The number of nitrogens with one attached hydrogen (secondary N) is 1. The van der Waals surface area contributed by atoms with Crippen LogP contribution >= 0.6 is 11.6 Å². The van der Waals surface area contributed by atoms with Gasteiger partial charge < -0.3 is 25.0 Å². The van der Waals surface area contributed by atoms with Crippen LogP contribution in [0.1, 0.15) is 43.6 Å². The predicted octanol–water partition coefficient (Wildman–Crippen LogP) is 4.41. The fourth-order valence-electron chi connectivity index (χ4n) is 3.97. The van der Waals surface area contributed by atoms with Crippen LogP contribution in [0.4, 0.5) is 10.5 Å². The molecular weight excluding hydrogens is 458 g/mol. The minimum Gasteiger partial charge on any atom is -0.494 e. The number of benzene rings is 2. The number of carboxylic acids is 1. The number of ether oxygens (including phenoxy) is 1. The number of halogens is 1. The van der Waals surface area contributed by atoms with Crippen LogP contribution in [0.2, 0.25) is 5.02 Å². The molecule has 3 amide bonds. The van der Waals surface area contributed by atoms with Crippen molar-refractivity contribution in [3.05, 3.63) is 58.6 Å². The minimum atomic E-state index is -1.09. The summed E-state index contributed by atoms with van der Waals surface area (Å²) in [5.74, 6) is -1.08. The Kier molecular flexibility index (Phi) is 8.04. The zero-order chi connectivity index (χ0) is 25.0. The SMILES string of the molecule is CCOc1ccc(C(=O)N2C[C@@H](C)N(C(=O)N[C@H](C(=O)O)C(C)C)Cc3ccccc32)c(Cl)c1. The molecule has 0 radical (unpaired) electrons. The summed E-state index contributed by atoms with van der Waals surface area (Å²) in [6.45, 7) is 8.10. The van der Waals surface area contributed by atoms with Gasteiger partial charge >= 0.3 is 12.0 Å². The van der Waals surface area contributed by atoms with E-state index in [1.165, 1.54) is 0 Å². The first-order valence-corrected chi connectivity index (χ1v) is 11.6. The number of carbonyl (C=O) groups is 3. The first kappa shape index (κ1) is 25.4. The average molecular weight is 488 g/mol. The first-order valence-electron chi connectivity index (χ1n) is 11.3. The van der Waals surface area contributed by atoms with Gasteiger partial charge in [-0.25, -0.2) is 9.59 Å². The quantitative estimate of drug-likeness (QED) is 0.628. The summed E-state index contributed by atoms with van der Waals surface area (Å²) in [7, 11) is 0. The van der Waals surface area contributed by atoms with Crippen molar-refractivity contribution in [2.24, 2.45) is 5.92 Å². The lowest BCUT2D eigenvalue weighted by Gasteiger charge is -2.31. The maximum atomic E-state index is 13.6. The molecule has 0 saturated carbocycles. The molecule has 0 aliphatic carbocycles. The summed E-state index contributed by atoms with van der Waals surface area (Å²) in [5.41, 5.74) is 1.78. The van der Waals surface area contributed by atoms with Gasteiger partial charge in [-0.2, -0.15) is 0 Å². The van der Waals surface area contributed by atoms with Crippen LogP contribution in [0.3, 0.4) is 0 Å². The third kappa shape index (κ3) is 5.44. The monoisotopic (exact) mass is 487 g/mol. The van der Waals surface area contributed by atoms with Gasteiger partial charge in [0.05, 0.1) is 17.2 Å². The molecule has 0 fully saturated rings. The van der Waals surface area contributed by atoms with E-state index in [0.717, 1.165) is 5.56 Å². The number of fused-ring (bicyclic) bond motifs is 1. The Balaban J connectivity index is 1.92. The molecule has 34 heavy (non-hydrogen) atoms. The molecule has 1 heterocycles. The number of amides is 3. The van der Waals surface area contributed by atoms with Crippen molar-refractivity contribution in [3.63, 3.8) is 0 Å².